The summed E-state index contributed by atoms with van der Waals surface area (Å²) in [5.41, 5.74) is 9.76. The summed E-state index contributed by atoms with van der Waals surface area (Å²) in [6.07, 6.45) is -1.18. The molecule has 0 heterocycles. The van der Waals surface area contributed by atoms with Crippen LogP contribution in [-0.2, 0) is 4.74 Å². The van der Waals surface area contributed by atoms with Crippen molar-refractivity contribution in [1.82, 2.24) is 0 Å². The van der Waals surface area contributed by atoms with E-state index in [9.17, 15) is 0 Å². The first-order valence-electron chi connectivity index (χ1n) is 3.26. The summed E-state index contributed by atoms with van der Waals surface area (Å²) in [6.45, 7) is 4.80. The Morgan fingerprint density at radius 2 is 1.90 bits per heavy atom. The van der Waals surface area contributed by atoms with Gasteiger partial charge in [0.1, 0.15) is 12.0 Å². The summed E-state index contributed by atoms with van der Waals surface area (Å²) in [7, 11) is 0. The third kappa shape index (κ3) is 3.12. The van der Waals surface area contributed by atoms with E-state index < -0.39 is 18.1 Å². The summed E-state index contributed by atoms with van der Waals surface area (Å²) in [6, 6.07) is 0. The normalized spacial score (nSPS) is 23.4. The zero-order chi connectivity index (χ0) is 8.36. The molecule has 0 aromatic rings. The van der Waals surface area contributed by atoms with Gasteiger partial charge < -0.3 is 21.3 Å². The van der Waals surface area contributed by atoms with Gasteiger partial charge in [-0.15, -0.1) is 0 Å². The highest BCUT2D eigenvalue weighted by Crippen LogP contribution is 2.08. The Bertz CT molecular complexity index is 102. The average Bonchev–Trinajstić information content (AvgIpc) is 1.60. The van der Waals surface area contributed by atoms with Gasteiger partial charge in [-0.3, -0.25) is 0 Å². The second-order valence-corrected chi connectivity index (χ2v) is 2.68. The molecule has 0 spiro atoms. The largest absolute Gasteiger partial charge is 0.389 e. The molecule has 3 atom stereocenters. The predicted molar refractivity (Wildman–Crippen MR) is 39.0 cm³/mol. The summed E-state index contributed by atoms with van der Waals surface area (Å²) in [5, 5.41) is 9.02. The van der Waals surface area contributed by atoms with E-state index in [4.69, 9.17) is 21.3 Å². The molecule has 0 fully saturated rings. The average molecular weight is 148 g/mol. The van der Waals surface area contributed by atoms with Crippen molar-refractivity contribution in [3.63, 3.8) is 0 Å². The number of aliphatic hydroxyl groups excluding tert-OH is 1. The van der Waals surface area contributed by atoms with E-state index in [0.29, 0.717) is 0 Å². The number of ether oxygens (including phenoxy) is 1. The van der Waals surface area contributed by atoms with Crippen molar-refractivity contribution >= 4 is 0 Å². The first kappa shape index (κ1) is 9.84. The maximum Gasteiger partial charge on any atom is 0.141 e. The number of nitrogens with two attached hydrogens (primary N) is 2. The highest BCUT2D eigenvalue weighted by atomic mass is 16.5. The van der Waals surface area contributed by atoms with Crippen molar-refractivity contribution in [3.8, 4) is 0 Å². The molecular weight excluding hydrogens is 132 g/mol. The number of hydrogen-bond donors (Lipinski definition) is 3. The number of hydrogen-bond acceptors (Lipinski definition) is 4. The van der Waals surface area contributed by atoms with E-state index in [1.807, 2.05) is 0 Å². The van der Waals surface area contributed by atoms with E-state index in [2.05, 4.69) is 0 Å². The number of aliphatic hydroxyl groups is 1. The lowest BCUT2D eigenvalue weighted by atomic mass is 10.1. The second-order valence-electron chi connectivity index (χ2n) is 2.68. The minimum Gasteiger partial charge on any atom is -0.389 e. The second kappa shape index (κ2) is 3.30. The van der Waals surface area contributed by atoms with Crippen molar-refractivity contribution in [2.75, 3.05) is 0 Å². The lowest BCUT2D eigenvalue weighted by molar-refractivity contribution is -0.130. The Hall–Kier alpha value is -0.160. The zero-order valence-corrected chi connectivity index (χ0v) is 6.66. The SMILES string of the molecule is CC(N)OC(C)(N)C(C)O. The van der Waals surface area contributed by atoms with E-state index in [1.165, 1.54) is 0 Å². The Labute approximate surface area is 61.2 Å². The van der Waals surface area contributed by atoms with E-state index in [0.717, 1.165) is 0 Å². The lowest BCUT2D eigenvalue weighted by Crippen LogP contribution is -2.52. The monoisotopic (exact) mass is 148 g/mol. The van der Waals surface area contributed by atoms with Crippen LogP contribution in [0.1, 0.15) is 20.8 Å². The van der Waals surface area contributed by atoms with Gasteiger partial charge in [0, 0.05) is 0 Å². The van der Waals surface area contributed by atoms with Crippen molar-refractivity contribution < 1.29 is 9.84 Å². The molecule has 0 saturated heterocycles. The molecule has 5 N–H and O–H groups in total. The predicted octanol–water partition coefficient (Wildman–Crippen LogP) is -0.637. The fourth-order valence-corrected chi connectivity index (χ4v) is 0.499. The zero-order valence-electron chi connectivity index (χ0n) is 6.66. The van der Waals surface area contributed by atoms with Crippen LogP contribution in [0.15, 0.2) is 0 Å². The van der Waals surface area contributed by atoms with Gasteiger partial charge in [0.2, 0.25) is 0 Å². The van der Waals surface area contributed by atoms with Crippen molar-refractivity contribution in [2.24, 2.45) is 11.5 Å². The summed E-state index contributed by atoms with van der Waals surface area (Å²) in [5.74, 6) is 0. The molecule has 0 aromatic carbocycles. The molecule has 0 rings (SSSR count). The van der Waals surface area contributed by atoms with Crippen molar-refractivity contribution in [1.29, 1.82) is 0 Å². The fraction of sp³-hybridized carbons (Fsp3) is 1.00. The molecule has 0 amide bonds. The minimum absolute atomic E-state index is 0.454. The van der Waals surface area contributed by atoms with Crippen LogP contribution in [0, 0.1) is 0 Å². The fourth-order valence-electron chi connectivity index (χ4n) is 0.499. The molecule has 0 aliphatic rings. The Morgan fingerprint density at radius 1 is 1.50 bits per heavy atom. The van der Waals surface area contributed by atoms with Crippen LogP contribution in [0.4, 0.5) is 0 Å². The van der Waals surface area contributed by atoms with Gasteiger partial charge >= 0.3 is 0 Å². The summed E-state index contributed by atoms with van der Waals surface area (Å²) >= 11 is 0. The Kier molecular flexibility index (Phi) is 3.24. The minimum atomic E-state index is -1.05. The molecule has 0 aliphatic heterocycles. The van der Waals surface area contributed by atoms with Gasteiger partial charge in [-0.2, -0.15) is 0 Å². The highest BCUT2D eigenvalue weighted by Gasteiger charge is 2.26. The third-order valence-electron chi connectivity index (χ3n) is 1.27. The van der Waals surface area contributed by atoms with Gasteiger partial charge in [-0.05, 0) is 20.8 Å². The van der Waals surface area contributed by atoms with Crippen LogP contribution < -0.4 is 11.5 Å². The standard InChI is InChI=1S/C6H16N2O2/c1-4(9)6(3,8)10-5(2)7/h4-5,9H,7-8H2,1-3H3. The molecule has 0 bridgehead atoms. The first-order valence-corrected chi connectivity index (χ1v) is 3.26. The molecule has 62 valence electrons. The number of rotatable bonds is 3. The van der Waals surface area contributed by atoms with Gasteiger partial charge in [0.05, 0.1) is 6.10 Å². The van der Waals surface area contributed by atoms with Crippen molar-refractivity contribution in [3.05, 3.63) is 0 Å². The summed E-state index contributed by atoms with van der Waals surface area (Å²) in [4.78, 5) is 0. The van der Waals surface area contributed by atoms with Gasteiger partial charge in [-0.1, -0.05) is 0 Å². The molecular formula is C6H16N2O2. The topological polar surface area (TPSA) is 81.5 Å². The van der Waals surface area contributed by atoms with Gasteiger partial charge in [0.25, 0.3) is 0 Å². The first-order chi connectivity index (χ1) is 4.36. The van der Waals surface area contributed by atoms with Crippen LogP contribution in [0.2, 0.25) is 0 Å². The molecule has 0 aromatic heterocycles. The Morgan fingerprint density at radius 3 is 2.00 bits per heavy atom. The van der Waals surface area contributed by atoms with Crippen LogP contribution in [0.3, 0.4) is 0 Å². The molecule has 3 unspecified atom stereocenters. The molecule has 4 nitrogen and oxygen atoms in total. The third-order valence-corrected chi connectivity index (χ3v) is 1.27. The molecule has 0 radical (unpaired) electrons. The molecule has 10 heavy (non-hydrogen) atoms. The van der Waals surface area contributed by atoms with Gasteiger partial charge in [-0.25, -0.2) is 0 Å². The highest BCUT2D eigenvalue weighted by molar-refractivity contribution is 4.73. The van der Waals surface area contributed by atoms with Crippen molar-refractivity contribution in [2.45, 2.75) is 38.8 Å². The smallest absolute Gasteiger partial charge is 0.141 e. The van der Waals surface area contributed by atoms with Crippen LogP contribution in [0.5, 0.6) is 0 Å². The molecule has 0 aliphatic carbocycles. The molecule has 0 saturated carbocycles. The summed E-state index contributed by atoms with van der Waals surface area (Å²) < 4.78 is 5.00. The maximum atomic E-state index is 9.02. The van der Waals surface area contributed by atoms with E-state index in [1.54, 1.807) is 20.8 Å². The van der Waals surface area contributed by atoms with Gasteiger partial charge in [0.15, 0.2) is 0 Å². The van der Waals surface area contributed by atoms with Crippen LogP contribution in [0.25, 0.3) is 0 Å². The lowest BCUT2D eigenvalue weighted by Gasteiger charge is -2.29. The molecule has 4 heteroatoms. The quantitative estimate of drug-likeness (QED) is 0.465. The Balaban J connectivity index is 3.87. The van der Waals surface area contributed by atoms with Crippen LogP contribution >= 0.6 is 0 Å². The van der Waals surface area contributed by atoms with E-state index >= 15 is 0 Å². The maximum absolute atomic E-state index is 9.02. The van der Waals surface area contributed by atoms with Crippen LogP contribution in [-0.4, -0.2) is 23.2 Å². The van der Waals surface area contributed by atoms with E-state index in [-0.39, 0.29) is 0 Å².